The molecule has 100 valence electrons. The lowest BCUT2D eigenvalue weighted by Gasteiger charge is -2.13. The quantitative estimate of drug-likeness (QED) is 0.677. The van der Waals surface area contributed by atoms with E-state index in [9.17, 15) is 19.1 Å². The number of β-amino-alcohol motifs (C(OH)–C–C–N with tert-alkyl or cyclic N) is 1. The summed E-state index contributed by atoms with van der Waals surface area (Å²) in [6.45, 7) is -0.471. The van der Waals surface area contributed by atoms with Crippen molar-refractivity contribution in [2.75, 3.05) is 18.5 Å². The third-order valence-electron chi connectivity index (χ3n) is 2.55. The second-order valence-electron chi connectivity index (χ2n) is 3.87. The van der Waals surface area contributed by atoms with Gasteiger partial charge >= 0.3 is 0 Å². The molecule has 1 aliphatic rings. The van der Waals surface area contributed by atoms with E-state index in [4.69, 9.17) is 5.11 Å². The Bertz CT molecular complexity index is 571. The molecular weight excluding hydrogens is 255 g/mol. The molecule has 0 unspecified atom stereocenters. The Balaban J connectivity index is 2.20. The summed E-state index contributed by atoms with van der Waals surface area (Å²) >= 11 is 0. The molecule has 6 nitrogen and oxygen atoms in total. The van der Waals surface area contributed by atoms with Gasteiger partial charge in [0.1, 0.15) is 17.3 Å². The normalized spacial score (nSPS) is 14.8. The van der Waals surface area contributed by atoms with Crippen LogP contribution in [0.25, 0.3) is 0 Å². The van der Waals surface area contributed by atoms with E-state index in [2.05, 4.69) is 5.32 Å². The molecule has 1 aromatic carbocycles. The predicted octanol–water partition coefficient (Wildman–Crippen LogP) is 0.188. The molecule has 2 amide bonds. The summed E-state index contributed by atoms with van der Waals surface area (Å²) in [6.07, 6.45) is 1.02. The van der Waals surface area contributed by atoms with Crippen molar-refractivity contribution in [2.24, 2.45) is 0 Å². The van der Waals surface area contributed by atoms with Crippen LogP contribution in [-0.4, -0.2) is 40.1 Å². The number of hydrogen-bond acceptors (Lipinski definition) is 5. The van der Waals surface area contributed by atoms with Crippen LogP contribution in [0, 0.1) is 5.82 Å². The van der Waals surface area contributed by atoms with E-state index in [0.29, 0.717) is 0 Å². The molecule has 0 aliphatic carbocycles. The third kappa shape index (κ3) is 2.55. The van der Waals surface area contributed by atoms with Gasteiger partial charge in [0, 0.05) is 12.1 Å². The Labute approximate surface area is 107 Å². The zero-order valence-corrected chi connectivity index (χ0v) is 9.76. The summed E-state index contributed by atoms with van der Waals surface area (Å²) in [4.78, 5) is 24.1. The standard InChI is InChI=1S/C12H11FN2O4/c13-8-2-1-7(17)5-9(8)14-10-6-11(18)15(3-4-16)12(10)19/h1-2,5-6,14,16-17H,3-4H2. The number of halogens is 1. The number of amides is 2. The van der Waals surface area contributed by atoms with Crippen LogP contribution in [0.1, 0.15) is 0 Å². The van der Waals surface area contributed by atoms with Crippen molar-refractivity contribution in [3.05, 3.63) is 35.8 Å². The van der Waals surface area contributed by atoms with Crippen molar-refractivity contribution in [1.29, 1.82) is 0 Å². The average Bonchev–Trinajstić information content (AvgIpc) is 2.62. The molecule has 0 saturated carbocycles. The first-order valence-corrected chi connectivity index (χ1v) is 5.47. The fourth-order valence-corrected chi connectivity index (χ4v) is 1.66. The minimum atomic E-state index is -0.667. The molecular formula is C12H11FN2O4. The van der Waals surface area contributed by atoms with Crippen LogP contribution in [0.3, 0.4) is 0 Å². The maximum atomic E-state index is 13.4. The van der Waals surface area contributed by atoms with Crippen molar-refractivity contribution >= 4 is 17.5 Å². The summed E-state index contributed by atoms with van der Waals surface area (Å²) in [5.41, 5.74) is -0.221. The number of aliphatic hydroxyl groups is 1. The minimum absolute atomic E-state index is 0.108. The van der Waals surface area contributed by atoms with Gasteiger partial charge in [-0.1, -0.05) is 0 Å². The van der Waals surface area contributed by atoms with Gasteiger partial charge in [-0.25, -0.2) is 4.39 Å². The second kappa shape index (κ2) is 5.07. The molecule has 2 rings (SSSR count). The Morgan fingerprint density at radius 3 is 2.74 bits per heavy atom. The number of aromatic hydroxyl groups is 1. The first-order valence-electron chi connectivity index (χ1n) is 5.47. The van der Waals surface area contributed by atoms with Gasteiger partial charge in [0.25, 0.3) is 11.8 Å². The van der Waals surface area contributed by atoms with Gasteiger partial charge in [-0.2, -0.15) is 0 Å². The number of phenolic OH excluding ortho intramolecular Hbond substituents is 1. The van der Waals surface area contributed by atoms with Crippen molar-refractivity contribution in [1.82, 2.24) is 4.90 Å². The highest BCUT2D eigenvalue weighted by atomic mass is 19.1. The SMILES string of the molecule is O=C1C=C(Nc2cc(O)ccc2F)C(=O)N1CCO. The maximum absolute atomic E-state index is 13.4. The first-order chi connectivity index (χ1) is 9.02. The predicted molar refractivity (Wildman–Crippen MR) is 63.6 cm³/mol. The Kier molecular flexibility index (Phi) is 3.48. The van der Waals surface area contributed by atoms with Crippen molar-refractivity contribution in [2.45, 2.75) is 0 Å². The van der Waals surface area contributed by atoms with Crippen LogP contribution in [0.4, 0.5) is 10.1 Å². The van der Waals surface area contributed by atoms with E-state index in [1.165, 1.54) is 0 Å². The third-order valence-corrected chi connectivity index (χ3v) is 2.55. The van der Waals surface area contributed by atoms with E-state index in [0.717, 1.165) is 29.2 Å². The number of aliphatic hydroxyl groups excluding tert-OH is 1. The van der Waals surface area contributed by atoms with E-state index in [-0.39, 0.29) is 30.3 Å². The Hall–Kier alpha value is -2.41. The van der Waals surface area contributed by atoms with E-state index < -0.39 is 17.6 Å². The summed E-state index contributed by atoms with van der Waals surface area (Å²) < 4.78 is 13.4. The second-order valence-corrected chi connectivity index (χ2v) is 3.87. The largest absolute Gasteiger partial charge is 0.508 e. The Morgan fingerprint density at radius 1 is 1.32 bits per heavy atom. The summed E-state index contributed by atoms with van der Waals surface area (Å²) in [6, 6.07) is 3.29. The summed E-state index contributed by atoms with van der Waals surface area (Å²) in [5.74, 6) is -2.07. The number of imide groups is 1. The average molecular weight is 266 g/mol. The van der Waals surface area contributed by atoms with Crippen molar-refractivity contribution < 1.29 is 24.2 Å². The van der Waals surface area contributed by atoms with Gasteiger partial charge in [0.2, 0.25) is 0 Å². The van der Waals surface area contributed by atoms with Gasteiger partial charge < -0.3 is 15.5 Å². The molecule has 0 bridgehead atoms. The molecule has 0 atom stereocenters. The number of nitrogens with one attached hydrogen (secondary N) is 1. The first kappa shape index (κ1) is 13.0. The molecule has 0 aromatic heterocycles. The fourth-order valence-electron chi connectivity index (χ4n) is 1.66. The Morgan fingerprint density at radius 2 is 2.05 bits per heavy atom. The smallest absolute Gasteiger partial charge is 0.277 e. The number of rotatable bonds is 4. The fraction of sp³-hybridized carbons (Fsp3) is 0.167. The van der Waals surface area contributed by atoms with Crippen LogP contribution in [0.2, 0.25) is 0 Å². The molecule has 3 N–H and O–H groups in total. The highest BCUT2D eigenvalue weighted by Crippen LogP contribution is 2.23. The van der Waals surface area contributed by atoms with Crippen LogP contribution < -0.4 is 5.32 Å². The number of anilines is 1. The molecule has 0 spiro atoms. The number of phenols is 1. The van der Waals surface area contributed by atoms with Gasteiger partial charge in [-0.3, -0.25) is 14.5 Å². The van der Waals surface area contributed by atoms with E-state index >= 15 is 0 Å². The highest BCUT2D eigenvalue weighted by molar-refractivity contribution is 6.17. The number of nitrogens with zero attached hydrogens (tertiary/aromatic N) is 1. The summed E-state index contributed by atoms with van der Waals surface area (Å²) in [5, 5.41) is 20.4. The minimum Gasteiger partial charge on any atom is -0.508 e. The zero-order valence-electron chi connectivity index (χ0n) is 9.76. The molecule has 1 aliphatic heterocycles. The van der Waals surface area contributed by atoms with Crippen LogP contribution in [-0.2, 0) is 9.59 Å². The van der Waals surface area contributed by atoms with Crippen molar-refractivity contribution in [3.63, 3.8) is 0 Å². The van der Waals surface area contributed by atoms with Gasteiger partial charge in [0.15, 0.2) is 0 Å². The number of benzene rings is 1. The maximum Gasteiger partial charge on any atom is 0.277 e. The lowest BCUT2D eigenvalue weighted by molar-refractivity contribution is -0.137. The monoisotopic (exact) mass is 266 g/mol. The molecule has 0 radical (unpaired) electrons. The lowest BCUT2D eigenvalue weighted by Crippen LogP contribution is -2.34. The molecule has 1 aromatic rings. The number of carbonyl (C=O) groups is 2. The number of hydrogen-bond donors (Lipinski definition) is 3. The zero-order chi connectivity index (χ0) is 14.0. The van der Waals surface area contributed by atoms with Crippen LogP contribution in [0.5, 0.6) is 5.75 Å². The molecule has 7 heteroatoms. The molecule has 0 saturated heterocycles. The molecule has 19 heavy (non-hydrogen) atoms. The molecule has 0 fully saturated rings. The van der Waals surface area contributed by atoms with E-state index in [1.54, 1.807) is 0 Å². The van der Waals surface area contributed by atoms with Gasteiger partial charge in [-0.15, -0.1) is 0 Å². The number of carbonyl (C=O) groups excluding carboxylic acids is 2. The molecule has 1 heterocycles. The van der Waals surface area contributed by atoms with Crippen molar-refractivity contribution in [3.8, 4) is 5.75 Å². The van der Waals surface area contributed by atoms with Gasteiger partial charge in [0.05, 0.1) is 18.8 Å². The highest BCUT2D eigenvalue weighted by Gasteiger charge is 2.30. The van der Waals surface area contributed by atoms with E-state index in [1.807, 2.05) is 0 Å². The lowest BCUT2D eigenvalue weighted by atomic mass is 10.2. The summed E-state index contributed by atoms with van der Waals surface area (Å²) in [7, 11) is 0. The van der Waals surface area contributed by atoms with Gasteiger partial charge in [-0.05, 0) is 12.1 Å². The topological polar surface area (TPSA) is 89.9 Å². The van der Waals surface area contributed by atoms with Crippen LogP contribution >= 0.6 is 0 Å². The van der Waals surface area contributed by atoms with Crippen LogP contribution in [0.15, 0.2) is 30.0 Å².